The van der Waals surface area contributed by atoms with Gasteiger partial charge >= 0.3 is 5.97 Å². The van der Waals surface area contributed by atoms with Crippen molar-refractivity contribution in [1.82, 2.24) is 4.98 Å². The maximum absolute atomic E-state index is 12.4. The molecule has 0 spiro atoms. The van der Waals surface area contributed by atoms with Crippen molar-refractivity contribution in [2.24, 2.45) is 0 Å². The number of rotatable bonds is 4. The van der Waals surface area contributed by atoms with E-state index in [0.717, 1.165) is 22.2 Å². The molecule has 0 bridgehead atoms. The van der Waals surface area contributed by atoms with Crippen LogP contribution < -0.4 is 5.32 Å². The van der Waals surface area contributed by atoms with E-state index in [4.69, 9.17) is 11.6 Å². The second-order valence-electron chi connectivity index (χ2n) is 5.69. The highest BCUT2D eigenvalue weighted by atomic mass is 35.5. The van der Waals surface area contributed by atoms with Gasteiger partial charge in [0.05, 0.1) is 24.1 Å². The number of halogens is 1. The number of carbonyl (C=O) groups excluding carboxylic acids is 2. The number of carbonyl (C=O) groups is 2. The molecule has 2 N–H and O–H groups in total. The lowest BCUT2D eigenvalue weighted by Gasteiger charge is -2.08. The van der Waals surface area contributed by atoms with E-state index in [1.165, 1.54) is 13.2 Å². The van der Waals surface area contributed by atoms with E-state index in [2.05, 4.69) is 15.0 Å². The highest BCUT2D eigenvalue weighted by molar-refractivity contribution is 6.33. The van der Waals surface area contributed by atoms with Crippen LogP contribution in [0.15, 0.2) is 42.5 Å². The number of methoxy groups -OCH3 is 1. The zero-order valence-corrected chi connectivity index (χ0v) is 14.6. The summed E-state index contributed by atoms with van der Waals surface area (Å²) in [6.07, 6.45) is 0.228. The molecule has 1 amide bonds. The van der Waals surface area contributed by atoms with Crippen molar-refractivity contribution in [2.45, 2.75) is 13.3 Å². The van der Waals surface area contributed by atoms with Crippen LogP contribution in [0.4, 0.5) is 5.69 Å². The van der Waals surface area contributed by atoms with Gasteiger partial charge in [0.15, 0.2) is 0 Å². The minimum absolute atomic E-state index is 0.175. The number of aromatic nitrogens is 1. The molecule has 0 fully saturated rings. The third-order valence-corrected chi connectivity index (χ3v) is 4.35. The third-order valence-electron chi connectivity index (χ3n) is 4.02. The second-order valence-corrected chi connectivity index (χ2v) is 6.09. The number of nitrogens with one attached hydrogen (secondary N) is 2. The number of para-hydroxylation sites is 1. The molecule has 0 aliphatic heterocycles. The molecule has 3 rings (SSSR count). The molecule has 25 heavy (non-hydrogen) atoms. The van der Waals surface area contributed by atoms with E-state index in [1.54, 1.807) is 12.1 Å². The fraction of sp³-hybridized carbons (Fsp3) is 0.158. The number of aromatic amines is 1. The first kappa shape index (κ1) is 17.0. The van der Waals surface area contributed by atoms with Gasteiger partial charge in [0.1, 0.15) is 0 Å². The Morgan fingerprint density at radius 3 is 2.72 bits per heavy atom. The fourth-order valence-corrected chi connectivity index (χ4v) is 2.99. The first-order valence-corrected chi connectivity index (χ1v) is 8.11. The number of amides is 1. The summed E-state index contributed by atoms with van der Waals surface area (Å²) in [6.45, 7) is 1.94. The van der Waals surface area contributed by atoms with E-state index in [1.807, 2.05) is 31.2 Å². The summed E-state index contributed by atoms with van der Waals surface area (Å²) in [7, 11) is 1.28. The van der Waals surface area contributed by atoms with Crippen molar-refractivity contribution >= 4 is 40.1 Å². The van der Waals surface area contributed by atoms with Crippen LogP contribution in [0.1, 0.15) is 21.6 Å². The van der Waals surface area contributed by atoms with Gasteiger partial charge in [0.25, 0.3) is 0 Å². The standard InChI is InChI=1S/C19H17ClN2O3/c1-11-14(13-5-3-4-6-17(13)21-11)10-18(23)22-12-7-8-16(20)15(9-12)19(24)25-2/h3-9,21H,10H2,1-2H3,(H,22,23). The summed E-state index contributed by atoms with van der Waals surface area (Å²) in [5.41, 5.74) is 3.62. The summed E-state index contributed by atoms with van der Waals surface area (Å²) in [6, 6.07) is 12.6. The van der Waals surface area contributed by atoms with E-state index in [-0.39, 0.29) is 22.9 Å². The number of hydrogen-bond donors (Lipinski definition) is 2. The van der Waals surface area contributed by atoms with Crippen LogP contribution in [0.2, 0.25) is 5.02 Å². The van der Waals surface area contributed by atoms with Gasteiger partial charge < -0.3 is 15.0 Å². The van der Waals surface area contributed by atoms with E-state index >= 15 is 0 Å². The topological polar surface area (TPSA) is 71.2 Å². The number of fused-ring (bicyclic) bond motifs is 1. The van der Waals surface area contributed by atoms with Crippen LogP contribution in [0.3, 0.4) is 0 Å². The van der Waals surface area contributed by atoms with Crippen LogP contribution in [0.25, 0.3) is 10.9 Å². The lowest BCUT2D eigenvalue weighted by Crippen LogP contribution is -2.15. The Morgan fingerprint density at radius 1 is 1.20 bits per heavy atom. The maximum Gasteiger partial charge on any atom is 0.339 e. The van der Waals surface area contributed by atoms with Crippen molar-refractivity contribution in [3.63, 3.8) is 0 Å². The van der Waals surface area contributed by atoms with Gasteiger partial charge in [0.2, 0.25) is 5.91 Å². The number of benzene rings is 2. The van der Waals surface area contributed by atoms with Crippen molar-refractivity contribution < 1.29 is 14.3 Å². The Balaban J connectivity index is 1.81. The van der Waals surface area contributed by atoms with Gasteiger partial charge in [-0.15, -0.1) is 0 Å². The average molecular weight is 357 g/mol. The Morgan fingerprint density at radius 2 is 1.96 bits per heavy atom. The first-order valence-electron chi connectivity index (χ1n) is 7.73. The molecule has 3 aromatic rings. The van der Waals surface area contributed by atoms with Crippen LogP contribution in [-0.4, -0.2) is 24.0 Å². The molecule has 0 unspecified atom stereocenters. The highest BCUT2D eigenvalue weighted by Gasteiger charge is 2.15. The molecule has 2 aromatic carbocycles. The van der Waals surface area contributed by atoms with Gasteiger partial charge in [-0.2, -0.15) is 0 Å². The van der Waals surface area contributed by atoms with Gasteiger partial charge in [-0.1, -0.05) is 29.8 Å². The first-order chi connectivity index (χ1) is 12.0. The average Bonchev–Trinajstić information content (AvgIpc) is 2.91. The molecule has 0 aliphatic rings. The molecule has 0 saturated heterocycles. The van der Waals surface area contributed by atoms with Crippen molar-refractivity contribution in [1.29, 1.82) is 0 Å². The highest BCUT2D eigenvalue weighted by Crippen LogP contribution is 2.24. The molecule has 0 atom stereocenters. The van der Waals surface area contributed by atoms with Crippen molar-refractivity contribution in [2.75, 3.05) is 12.4 Å². The molecule has 0 aliphatic carbocycles. The van der Waals surface area contributed by atoms with Gasteiger partial charge in [-0.25, -0.2) is 4.79 Å². The SMILES string of the molecule is COC(=O)c1cc(NC(=O)Cc2c(C)[nH]c3ccccc23)ccc1Cl. The maximum atomic E-state index is 12.4. The van der Waals surface area contributed by atoms with Crippen LogP contribution in [0.5, 0.6) is 0 Å². The molecule has 0 radical (unpaired) electrons. The molecule has 1 aromatic heterocycles. The quantitative estimate of drug-likeness (QED) is 0.691. The van der Waals surface area contributed by atoms with Gasteiger partial charge in [-0.05, 0) is 36.8 Å². The number of hydrogen-bond acceptors (Lipinski definition) is 3. The Bertz CT molecular complexity index is 962. The number of esters is 1. The van der Waals surface area contributed by atoms with Crippen LogP contribution in [-0.2, 0) is 16.0 Å². The van der Waals surface area contributed by atoms with Crippen molar-refractivity contribution in [3.05, 3.63) is 64.3 Å². The molecule has 6 heteroatoms. The van der Waals surface area contributed by atoms with Gasteiger partial charge in [-0.3, -0.25) is 4.79 Å². The van der Waals surface area contributed by atoms with E-state index < -0.39 is 5.97 Å². The zero-order chi connectivity index (χ0) is 18.0. The minimum atomic E-state index is -0.548. The van der Waals surface area contributed by atoms with Crippen LogP contribution in [0, 0.1) is 6.92 Å². The van der Waals surface area contributed by atoms with Gasteiger partial charge in [0, 0.05) is 22.3 Å². The normalized spacial score (nSPS) is 10.7. The Kier molecular flexibility index (Phi) is 4.76. The lowest BCUT2D eigenvalue weighted by atomic mass is 10.1. The van der Waals surface area contributed by atoms with Crippen LogP contribution >= 0.6 is 11.6 Å². The summed E-state index contributed by atoms with van der Waals surface area (Å²) in [5.74, 6) is -0.723. The Labute approximate surface area is 149 Å². The lowest BCUT2D eigenvalue weighted by molar-refractivity contribution is -0.115. The predicted molar refractivity (Wildman–Crippen MR) is 98.2 cm³/mol. The number of ether oxygens (including phenoxy) is 1. The molecular weight excluding hydrogens is 340 g/mol. The third kappa shape index (κ3) is 3.51. The molecule has 0 saturated carbocycles. The smallest absolute Gasteiger partial charge is 0.339 e. The summed E-state index contributed by atoms with van der Waals surface area (Å²) in [4.78, 5) is 27.4. The van der Waals surface area contributed by atoms with E-state index in [9.17, 15) is 9.59 Å². The van der Waals surface area contributed by atoms with Crippen molar-refractivity contribution in [3.8, 4) is 0 Å². The monoisotopic (exact) mass is 356 g/mol. The Hall–Kier alpha value is -2.79. The number of H-pyrrole nitrogens is 1. The number of anilines is 1. The summed E-state index contributed by atoms with van der Waals surface area (Å²) < 4.78 is 4.69. The molecule has 5 nitrogen and oxygen atoms in total. The largest absolute Gasteiger partial charge is 0.465 e. The fourth-order valence-electron chi connectivity index (χ4n) is 2.80. The summed E-state index contributed by atoms with van der Waals surface area (Å²) in [5, 5.41) is 4.10. The van der Waals surface area contributed by atoms with E-state index in [0.29, 0.717) is 5.69 Å². The molecule has 1 heterocycles. The minimum Gasteiger partial charge on any atom is -0.465 e. The number of aryl methyl sites for hydroxylation is 1. The molecule has 128 valence electrons. The molecular formula is C19H17ClN2O3. The summed E-state index contributed by atoms with van der Waals surface area (Å²) >= 11 is 5.99. The predicted octanol–water partition coefficient (Wildman–Crippen LogP) is 4.10. The zero-order valence-electron chi connectivity index (χ0n) is 13.9. The second kappa shape index (κ2) is 6.99.